The first-order valence-electron chi connectivity index (χ1n) is 6.74. The summed E-state index contributed by atoms with van der Waals surface area (Å²) in [5.74, 6) is 0. The highest BCUT2D eigenvalue weighted by molar-refractivity contribution is 5.56. The molecular formula is C15H18N4. The van der Waals surface area contributed by atoms with Crippen molar-refractivity contribution in [1.29, 1.82) is 10.5 Å². The van der Waals surface area contributed by atoms with Crippen LogP contribution in [0.2, 0.25) is 0 Å². The maximum Gasteiger partial charge on any atom is 0.101 e. The molecule has 1 heterocycles. The third-order valence-electron chi connectivity index (χ3n) is 3.44. The first kappa shape index (κ1) is 13.4. The van der Waals surface area contributed by atoms with Crippen molar-refractivity contribution in [1.82, 2.24) is 4.90 Å². The van der Waals surface area contributed by atoms with E-state index in [0.717, 1.165) is 25.2 Å². The van der Waals surface area contributed by atoms with Crippen molar-refractivity contribution in [2.75, 3.05) is 31.5 Å². The second kappa shape index (κ2) is 6.78. The van der Waals surface area contributed by atoms with Crippen LogP contribution in [-0.2, 0) is 0 Å². The number of nitrogens with one attached hydrogen (secondary N) is 1. The van der Waals surface area contributed by atoms with Gasteiger partial charge in [0.05, 0.1) is 11.1 Å². The molecular weight excluding hydrogens is 236 g/mol. The third-order valence-corrected chi connectivity index (χ3v) is 3.44. The molecule has 0 unspecified atom stereocenters. The molecule has 0 aromatic heterocycles. The molecule has 0 spiro atoms. The van der Waals surface area contributed by atoms with E-state index in [2.05, 4.69) is 16.3 Å². The van der Waals surface area contributed by atoms with E-state index in [1.807, 2.05) is 12.1 Å². The minimum absolute atomic E-state index is 0.435. The Bertz CT molecular complexity index is 504. The zero-order chi connectivity index (χ0) is 13.5. The van der Waals surface area contributed by atoms with Gasteiger partial charge in [0.1, 0.15) is 12.1 Å². The van der Waals surface area contributed by atoms with Crippen LogP contribution in [-0.4, -0.2) is 31.1 Å². The van der Waals surface area contributed by atoms with Crippen LogP contribution in [0.3, 0.4) is 0 Å². The first-order valence-corrected chi connectivity index (χ1v) is 6.74. The van der Waals surface area contributed by atoms with Crippen LogP contribution < -0.4 is 5.32 Å². The quantitative estimate of drug-likeness (QED) is 0.819. The Morgan fingerprint density at radius 2 is 1.84 bits per heavy atom. The summed E-state index contributed by atoms with van der Waals surface area (Å²) < 4.78 is 0. The van der Waals surface area contributed by atoms with Crippen LogP contribution in [0, 0.1) is 22.7 Å². The lowest BCUT2D eigenvalue weighted by Crippen LogP contribution is -2.22. The van der Waals surface area contributed by atoms with Gasteiger partial charge in [0.15, 0.2) is 0 Å². The molecule has 1 aromatic carbocycles. The highest BCUT2D eigenvalue weighted by Crippen LogP contribution is 2.14. The number of hydrogen-bond acceptors (Lipinski definition) is 4. The van der Waals surface area contributed by atoms with Crippen molar-refractivity contribution in [3.8, 4) is 12.1 Å². The number of rotatable bonds is 5. The second-order valence-corrected chi connectivity index (χ2v) is 4.81. The number of benzene rings is 1. The molecule has 1 saturated heterocycles. The number of anilines is 1. The monoisotopic (exact) mass is 254 g/mol. The normalized spacial score (nSPS) is 14.8. The summed E-state index contributed by atoms with van der Waals surface area (Å²) in [6.07, 6.45) is 3.76. The SMILES string of the molecule is N#Cc1ccc(NCCCN2CCCC2)cc1C#N. The Morgan fingerprint density at radius 3 is 2.53 bits per heavy atom. The fraction of sp³-hybridized carbons (Fsp3) is 0.467. The Hall–Kier alpha value is -2.04. The smallest absolute Gasteiger partial charge is 0.101 e. The Labute approximate surface area is 114 Å². The molecule has 1 aromatic rings. The van der Waals surface area contributed by atoms with Crippen LogP contribution in [0.5, 0.6) is 0 Å². The van der Waals surface area contributed by atoms with Crippen molar-refractivity contribution in [2.45, 2.75) is 19.3 Å². The van der Waals surface area contributed by atoms with Crippen molar-refractivity contribution in [3.63, 3.8) is 0 Å². The van der Waals surface area contributed by atoms with Crippen molar-refractivity contribution >= 4 is 5.69 Å². The van der Waals surface area contributed by atoms with Gasteiger partial charge in [-0.2, -0.15) is 10.5 Å². The standard InChI is InChI=1S/C15H18N4/c16-11-13-4-5-15(10-14(13)12-17)18-6-3-9-19-7-1-2-8-19/h4-5,10,18H,1-3,6-9H2. The molecule has 0 radical (unpaired) electrons. The molecule has 1 N–H and O–H groups in total. The molecule has 4 nitrogen and oxygen atoms in total. The Kier molecular flexibility index (Phi) is 4.78. The number of hydrogen-bond donors (Lipinski definition) is 1. The van der Waals surface area contributed by atoms with E-state index in [9.17, 15) is 0 Å². The molecule has 1 aliphatic heterocycles. The van der Waals surface area contributed by atoms with Gasteiger partial charge in [0, 0.05) is 12.2 Å². The summed E-state index contributed by atoms with van der Waals surface area (Å²) in [5, 5.41) is 21.1. The molecule has 19 heavy (non-hydrogen) atoms. The summed E-state index contributed by atoms with van der Waals surface area (Å²) in [6.45, 7) is 4.49. The molecule has 2 rings (SSSR count). The van der Waals surface area contributed by atoms with Crippen molar-refractivity contribution < 1.29 is 0 Å². The highest BCUT2D eigenvalue weighted by atomic mass is 15.1. The lowest BCUT2D eigenvalue weighted by atomic mass is 10.1. The van der Waals surface area contributed by atoms with E-state index < -0.39 is 0 Å². The molecule has 0 atom stereocenters. The van der Waals surface area contributed by atoms with E-state index in [0.29, 0.717) is 11.1 Å². The molecule has 98 valence electrons. The van der Waals surface area contributed by atoms with E-state index in [1.165, 1.54) is 25.9 Å². The molecule has 4 heteroatoms. The summed E-state index contributed by atoms with van der Waals surface area (Å²) >= 11 is 0. The van der Waals surface area contributed by atoms with E-state index in [4.69, 9.17) is 10.5 Å². The average Bonchev–Trinajstić information content (AvgIpc) is 2.96. The maximum absolute atomic E-state index is 8.95. The number of nitriles is 2. The van der Waals surface area contributed by atoms with Crippen LogP contribution in [0.4, 0.5) is 5.69 Å². The van der Waals surface area contributed by atoms with E-state index >= 15 is 0 Å². The van der Waals surface area contributed by atoms with Crippen LogP contribution in [0.15, 0.2) is 18.2 Å². The Morgan fingerprint density at radius 1 is 1.11 bits per heavy atom. The maximum atomic E-state index is 8.95. The predicted molar refractivity (Wildman–Crippen MR) is 74.7 cm³/mol. The summed E-state index contributed by atoms with van der Waals surface area (Å²) in [5.41, 5.74) is 1.79. The largest absolute Gasteiger partial charge is 0.385 e. The zero-order valence-corrected chi connectivity index (χ0v) is 11.0. The molecule has 0 saturated carbocycles. The van der Waals surface area contributed by atoms with Gasteiger partial charge in [-0.1, -0.05) is 0 Å². The van der Waals surface area contributed by atoms with Gasteiger partial charge in [-0.25, -0.2) is 0 Å². The topological polar surface area (TPSA) is 62.9 Å². The van der Waals surface area contributed by atoms with Gasteiger partial charge >= 0.3 is 0 Å². The summed E-state index contributed by atoms with van der Waals surface area (Å²) in [4.78, 5) is 2.49. The second-order valence-electron chi connectivity index (χ2n) is 4.81. The number of nitrogens with zero attached hydrogens (tertiary/aromatic N) is 3. The van der Waals surface area contributed by atoms with Gasteiger partial charge in [0.2, 0.25) is 0 Å². The van der Waals surface area contributed by atoms with Crippen LogP contribution in [0.25, 0.3) is 0 Å². The predicted octanol–water partition coefficient (Wildman–Crippen LogP) is 2.33. The first-order chi connectivity index (χ1) is 9.33. The zero-order valence-electron chi connectivity index (χ0n) is 11.0. The van der Waals surface area contributed by atoms with Crippen LogP contribution in [0.1, 0.15) is 30.4 Å². The summed E-state index contributed by atoms with van der Waals surface area (Å²) in [6, 6.07) is 9.37. The highest BCUT2D eigenvalue weighted by Gasteiger charge is 2.10. The van der Waals surface area contributed by atoms with E-state index in [1.54, 1.807) is 12.1 Å². The molecule has 1 aliphatic rings. The van der Waals surface area contributed by atoms with E-state index in [-0.39, 0.29) is 0 Å². The minimum Gasteiger partial charge on any atom is -0.385 e. The van der Waals surface area contributed by atoms with Gasteiger partial charge in [0.25, 0.3) is 0 Å². The van der Waals surface area contributed by atoms with Gasteiger partial charge in [-0.05, 0) is 57.1 Å². The fourth-order valence-corrected chi connectivity index (χ4v) is 2.39. The third kappa shape index (κ3) is 3.71. The molecule has 0 amide bonds. The van der Waals surface area contributed by atoms with Crippen molar-refractivity contribution in [3.05, 3.63) is 29.3 Å². The van der Waals surface area contributed by atoms with Crippen LogP contribution >= 0.6 is 0 Å². The summed E-state index contributed by atoms with van der Waals surface area (Å²) in [7, 11) is 0. The number of likely N-dealkylation sites (tertiary alicyclic amines) is 1. The lowest BCUT2D eigenvalue weighted by Gasteiger charge is -2.14. The lowest BCUT2D eigenvalue weighted by molar-refractivity contribution is 0.337. The van der Waals surface area contributed by atoms with Crippen molar-refractivity contribution in [2.24, 2.45) is 0 Å². The molecule has 0 aliphatic carbocycles. The average molecular weight is 254 g/mol. The molecule has 1 fully saturated rings. The van der Waals surface area contributed by atoms with Gasteiger partial charge < -0.3 is 10.2 Å². The van der Waals surface area contributed by atoms with Gasteiger partial charge in [-0.3, -0.25) is 0 Å². The minimum atomic E-state index is 0.435. The van der Waals surface area contributed by atoms with Gasteiger partial charge in [-0.15, -0.1) is 0 Å². The fourth-order valence-electron chi connectivity index (χ4n) is 2.39. The molecule has 0 bridgehead atoms. The Balaban J connectivity index is 1.79.